The van der Waals surface area contributed by atoms with Crippen LogP contribution in [0.5, 0.6) is 0 Å². The number of rotatable bonds is 6. The first-order chi connectivity index (χ1) is 8.40. The zero-order valence-electron chi connectivity index (χ0n) is 10.6. The quantitative estimate of drug-likeness (QED) is 0.785. The SMILES string of the molecule is CCC(CC)CNS(=O)(=O)c1cc(Br)ccc1N. The molecule has 0 aliphatic heterocycles. The third-order valence-corrected chi connectivity index (χ3v) is 4.95. The molecular formula is C12H19BrN2O2S. The number of halogens is 1. The highest BCUT2D eigenvalue weighted by Gasteiger charge is 2.18. The van der Waals surface area contributed by atoms with Gasteiger partial charge in [-0.15, -0.1) is 0 Å². The van der Waals surface area contributed by atoms with Gasteiger partial charge in [-0.3, -0.25) is 0 Å². The fourth-order valence-electron chi connectivity index (χ4n) is 1.62. The molecule has 0 spiro atoms. The highest BCUT2D eigenvalue weighted by Crippen LogP contribution is 2.23. The van der Waals surface area contributed by atoms with Gasteiger partial charge in [0, 0.05) is 11.0 Å². The molecule has 102 valence electrons. The van der Waals surface area contributed by atoms with Crippen LogP contribution in [0.15, 0.2) is 27.6 Å². The summed E-state index contributed by atoms with van der Waals surface area (Å²) in [6, 6.07) is 4.82. The van der Waals surface area contributed by atoms with Gasteiger partial charge in [-0.1, -0.05) is 42.6 Å². The first-order valence-electron chi connectivity index (χ1n) is 5.95. The highest BCUT2D eigenvalue weighted by molar-refractivity contribution is 9.10. The van der Waals surface area contributed by atoms with Crippen molar-refractivity contribution in [3.8, 4) is 0 Å². The first kappa shape index (κ1) is 15.5. The maximum absolute atomic E-state index is 12.1. The van der Waals surface area contributed by atoms with Crippen LogP contribution in [-0.2, 0) is 10.0 Å². The molecule has 0 radical (unpaired) electrons. The largest absolute Gasteiger partial charge is 0.398 e. The van der Waals surface area contributed by atoms with Gasteiger partial charge in [0.15, 0.2) is 0 Å². The van der Waals surface area contributed by atoms with Crippen molar-refractivity contribution in [3.63, 3.8) is 0 Å². The van der Waals surface area contributed by atoms with Crippen molar-refractivity contribution < 1.29 is 8.42 Å². The molecule has 18 heavy (non-hydrogen) atoms. The Labute approximate surface area is 117 Å². The van der Waals surface area contributed by atoms with Crippen LogP contribution < -0.4 is 10.5 Å². The molecule has 0 aliphatic carbocycles. The van der Waals surface area contributed by atoms with Crippen molar-refractivity contribution in [2.45, 2.75) is 31.6 Å². The zero-order valence-corrected chi connectivity index (χ0v) is 13.0. The number of hydrogen-bond acceptors (Lipinski definition) is 3. The molecule has 0 saturated heterocycles. The molecule has 0 saturated carbocycles. The minimum absolute atomic E-state index is 0.128. The summed E-state index contributed by atoms with van der Waals surface area (Å²) in [4.78, 5) is 0.128. The molecule has 3 N–H and O–H groups in total. The summed E-state index contributed by atoms with van der Waals surface area (Å²) in [6.07, 6.45) is 1.90. The number of anilines is 1. The zero-order chi connectivity index (χ0) is 13.8. The molecule has 0 aliphatic rings. The van der Waals surface area contributed by atoms with Gasteiger partial charge in [-0.25, -0.2) is 13.1 Å². The van der Waals surface area contributed by atoms with E-state index >= 15 is 0 Å². The smallest absolute Gasteiger partial charge is 0.242 e. The predicted molar refractivity (Wildman–Crippen MR) is 77.8 cm³/mol. The Morgan fingerprint density at radius 2 is 1.94 bits per heavy atom. The minimum atomic E-state index is -3.53. The fraction of sp³-hybridized carbons (Fsp3) is 0.500. The average molecular weight is 335 g/mol. The van der Waals surface area contributed by atoms with E-state index in [1.54, 1.807) is 12.1 Å². The Kier molecular flexibility index (Phi) is 5.62. The predicted octanol–water partition coefficient (Wildman–Crippen LogP) is 2.75. The van der Waals surface area contributed by atoms with Gasteiger partial charge >= 0.3 is 0 Å². The number of nitrogens with one attached hydrogen (secondary N) is 1. The van der Waals surface area contributed by atoms with E-state index in [4.69, 9.17) is 5.73 Å². The summed E-state index contributed by atoms with van der Waals surface area (Å²) in [5.41, 5.74) is 5.97. The number of nitrogen functional groups attached to an aromatic ring is 1. The summed E-state index contributed by atoms with van der Waals surface area (Å²) < 4.78 is 27.6. The van der Waals surface area contributed by atoms with Crippen LogP contribution in [0.25, 0.3) is 0 Å². The van der Waals surface area contributed by atoms with E-state index in [0.717, 1.165) is 12.8 Å². The second-order valence-electron chi connectivity index (χ2n) is 4.22. The molecule has 0 heterocycles. The normalized spacial score (nSPS) is 12.0. The van der Waals surface area contributed by atoms with E-state index in [0.29, 0.717) is 16.9 Å². The fourth-order valence-corrected chi connectivity index (χ4v) is 3.41. The molecule has 6 heteroatoms. The molecule has 0 atom stereocenters. The van der Waals surface area contributed by atoms with Crippen LogP contribution in [0.3, 0.4) is 0 Å². The third-order valence-electron chi connectivity index (χ3n) is 2.98. The summed E-state index contributed by atoms with van der Waals surface area (Å²) in [5.74, 6) is 0.355. The van der Waals surface area contributed by atoms with Crippen molar-refractivity contribution in [3.05, 3.63) is 22.7 Å². The van der Waals surface area contributed by atoms with Crippen LogP contribution in [0.1, 0.15) is 26.7 Å². The summed E-state index contributed by atoms with van der Waals surface area (Å²) in [6.45, 7) is 4.55. The summed E-state index contributed by atoms with van der Waals surface area (Å²) in [5, 5.41) is 0. The van der Waals surface area contributed by atoms with Crippen LogP contribution >= 0.6 is 15.9 Å². The minimum Gasteiger partial charge on any atom is -0.398 e. The van der Waals surface area contributed by atoms with Gasteiger partial charge in [0.25, 0.3) is 0 Å². The van der Waals surface area contributed by atoms with Gasteiger partial charge in [0.1, 0.15) is 4.90 Å². The molecular weight excluding hydrogens is 316 g/mol. The Morgan fingerprint density at radius 3 is 2.50 bits per heavy atom. The number of nitrogens with two attached hydrogens (primary N) is 1. The number of benzene rings is 1. The molecule has 0 amide bonds. The third kappa shape index (κ3) is 3.96. The molecule has 0 aromatic heterocycles. The topological polar surface area (TPSA) is 72.2 Å². The maximum Gasteiger partial charge on any atom is 0.242 e. The van der Waals surface area contributed by atoms with Gasteiger partial charge in [0.05, 0.1) is 5.69 Å². The average Bonchev–Trinajstić information content (AvgIpc) is 2.33. The number of sulfonamides is 1. The van der Waals surface area contributed by atoms with Gasteiger partial charge < -0.3 is 5.73 Å². The van der Waals surface area contributed by atoms with Crippen molar-refractivity contribution in [2.75, 3.05) is 12.3 Å². The Morgan fingerprint density at radius 1 is 1.33 bits per heavy atom. The van der Waals surface area contributed by atoms with E-state index in [1.807, 2.05) is 0 Å². The molecule has 1 rings (SSSR count). The monoisotopic (exact) mass is 334 g/mol. The molecule has 1 aromatic rings. The standard InChI is InChI=1S/C12H19BrN2O2S/c1-3-9(4-2)8-15-18(16,17)12-7-10(13)5-6-11(12)14/h5-7,9,15H,3-4,8,14H2,1-2H3. The lowest BCUT2D eigenvalue weighted by Gasteiger charge is -2.14. The molecule has 0 bridgehead atoms. The summed E-state index contributed by atoms with van der Waals surface area (Å²) >= 11 is 3.25. The lowest BCUT2D eigenvalue weighted by Crippen LogP contribution is -2.29. The lowest BCUT2D eigenvalue weighted by molar-refractivity contribution is 0.479. The second-order valence-corrected chi connectivity index (χ2v) is 6.87. The van der Waals surface area contributed by atoms with E-state index < -0.39 is 10.0 Å². The maximum atomic E-state index is 12.1. The molecule has 4 nitrogen and oxygen atoms in total. The van der Waals surface area contributed by atoms with E-state index in [1.165, 1.54) is 6.07 Å². The Bertz CT molecular complexity index is 499. The van der Waals surface area contributed by atoms with E-state index in [9.17, 15) is 8.42 Å². The van der Waals surface area contributed by atoms with Crippen molar-refractivity contribution in [1.29, 1.82) is 0 Å². The second kappa shape index (κ2) is 6.54. The number of hydrogen-bond donors (Lipinski definition) is 2. The van der Waals surface area contributed by atoms with E-state index in [-0.39, 0.29) is 10.6 Å². The van der Waals surface area contributed by atoms with Crippen molar-refractivity contribution >= 4 is 31.6 Å². The molecule has 0 unspecified atom stereocenters. The lowest BCUT2D eigenvalue weighted by atomic mass is 10.0. The van der Waals surface area contributed by atoms with Crippen LogP contribution in [0, 0.1) is 5.92 Å². The first-order valence-corrected chi connectivity index (χ1v) is 8.23. The Hall–Kier alpha value is -0.590. The van der Waals surface area contributed by atoms with Crippen LogP contribution in [-0.4, -0.2) is 15.0 Å². The van der Waals surface area contributed by atoms with Crippen LogP contribution in [0.2, 0.25) is 0 Å². The Balaban J connectivity index is 2.89. The molecule has 0 fully saturated rings. The van der Waals surface area contributed by atoms with Gasteiger partial charge in [-0.2, -0.15) is 0 Å². The van der Waals surface area contributed by atoms with E-state index in [2.05, 4.69) is 34.5 Å². The summed E-state index contributed by atoms with van der Waals surface area (Å²) in [7, 11) is -3.53. The van der Waals surface area contributed by atoms with Crippen LogP contribution in [0.4, 0.5) is 5.69 Å². The van der Waals surface area contributed by atoms with Gasteiger partial charge in [-0.05, 0) is 24.1 Å². The van der Waals surface area contributed by atoms with Gasteiger partial charge in [0.2, 0.25) is 10.0 Å². The van der Waals surface area contributed by atoms with Crippen molar-refractivity contribution in [2.24, 2.45) is 5.92 Å². The van der Waals surface area contributed by atoms with Crippen molar-refractivity contribution in [1.82, 2.24) is 4.72 Å². The highest BCUT2D eigenvalue weighted by atomic mass is 79.9. The molecule has 1 aromatic carbocycles.